The number of carboxylic acid groups (broad SMARTS) is 3. The minimum atomic E-state index is -0.833. The molecule has 0 unspecified atom stereocenters. The molecule has 0 fully saturated rings. The lowest BCUT2D eigenvalue weighted by molar-refractivity contribution is -0.135. The molecule has 0 atom stereocenters. The van der Waals surface area contributed by atoms with Gasteiger partial charge in [-0.3, -0.25) is 34.0 Å². The van der Waals surface area contributed by atoms with Crippen LogP contribution in [0, 0.1) is 0 Å². The normalized spacial score (nSPS) is 10.0. The molecular weight excluding hydrogens is 606 g/mol. The second kappa shape index (κ2) is 27.4. The largest absolute Gasteiger partial charge is 0.481 e. The molecule has 6 N–H and O–H groups in total. The molecule has 260 valence electrons. The summed E-state index contributed by atoms with van der Waals surface area (Å²) in [4.78, 5) is 59.9. The SMILES string of the molecule is CC(=O)O.CC(=O)O.CC(=O)O.CCc1cccc(CC)c1NC(=O)/C=N\CCNCC/N=C/C(=O)Nc1c(CC)cccc1CC. The van der Waals surface area contributed by atoms with E-state index in [2.05, 4.69) is 53.6 Å². The molecule has 2 amide bonds. The zero-order valence-electron chi connectivity index (χ0n) is 28.6. The Labute approximate surface area is 277 Å². The van der Waals surface area contributed by atoms with E-state index in [-0.39, 0.29) is 11.8 Å². The molecule has 0 aliphatic rings. The zero-order valence-corrected chi connectivity index (χ0v) is 28.6. The lowest BCUT2D eigenvalue weighted by Crippen LogP contribution is -2.22. The summed E-state index contributed by atoms with van der Waals surface area (Å²) in [5.74, 6) is -2.93. The van der Waals surface area contributed by atoms with Crippen molar-refractivity contribution in [1.29, 1.82) is 0 Å². The first-order valence-electron chi connectivity index (χ1n) is 15.4. The van der Waals surface area contributed by atoms with E-state index in [0.717, 1.165) is 80.1 Å². The number of carbonyl (C=O) groups is 5. The molecular formula is C34H51N5O8. The first kappa shape index (κ1) is 44.2. The van der Waals surface area contributed by atoms with E-state index in [9.17, 15) is 9.59 Å². The van der Waals surface area contributed by atoms with Gasteiger partial charge in [0, 0.05) is 45.2 Å². The van der Waals surface area contributed by atoms with Gasteiger partial charge in [0.2, 0.25) is 0 Å². The number of aliphatic carboxylic acids is 3. The summed E-state index contributed by atoms with van der Waals surface area (Å²) in [7, 11) is 0. The van der Waals surface area contributed by atoms with Crippen molar-refractivity contribution in [1.82, 2.24) is 5.32 Å². The third-order valence-corrected chi connectivity index (χ3v) is 5.75. The molecule has 0 aliphatic heterocycles. The van der Waals surface area contributed by atoms with E-state index in [0.29, 0.717) is 26.2 Å². The number of benzene rings is 2. The van der Waals surface area contributed by atoms with Crippen LogP contribution < -0.4 is 16.0 Å². The summed E-state index contributed by atoms with van der Waals surface area (Å²) in [5.41, 5.74) is 6.31. The Bertz CT molecular complexity index is 1160. The van der Waals surface area contributed by atoms with E-state index in [4.69, 9.17) is 29.7 Å². The number of carboxylic acids is 3. The quantitative estimate of drug-likeness (QED) is 0.125. The van der Waals surface area contributed by atoms with Crippen LogP contribution in [0.15, 0.2) is 46.4 Å². The van der Waals surface area contributed by atoms with Crippen LogP contribution in [0.4, 0.5) is 11.4 Å². The monoisotopic (exact) mass is 657 g/mol. The van der Waals surface area contributed by atoms with Gasteiger partial charge in [0.1, 0.15) is 0 Å². The zero-order chi connectivity index (χ0) is 36.2. The molecule has 0 aliphatic carbocycles. The van der Waals surface area contributed by atoms with Crippen molar-refractivity contribution in [3.8, 4) is 0 Å². The van der Waals surface area contributed by atoms with Crippen molar-refractivity contribution in [2.45, 2.75) is 74.1 Å². The highest BCUT2D eigenvalue weighted by molar-refractivity contribution is 6.32. The van der Waals surface area contributed by atoms with Crippen molar-refractivity contribution >= 4 is 53.5 Å². The number of aryl methyl sites for hydroxylation is 4. The van der Waals surface area contributed by atoms with Crippen LogP contribution in [-0.4, -0.2) is 83.7 Å². The number of carbonyl (C=O) groups excluding carboxylic acids is 2. The highest BCUT2D eigenvalue weighted by Gasteiger charge is 2.09. The molecule has 0 spiro atoms. The Morgan fingerprint density at radius 2 is 0.830 bits per heavy atom. The topological polar surface area (TPSA) is 207 Å². The average molecular weight is 658 g/mol. The van der Waals surface area contributed by atoms with E-state index >= 15 is 0 Å². The number of hydrogen-bond acceptors (Lipinski definition) is 8. The fourth-order valence-corrected chi connectivity index (χ4v) is 3.82. The summed E-state index contributed by atoms with van der Waals surface area (Å²) in [6, 6.07) is 12.2. The minimum absolute atomic E-state index is 0.216. The van der Waals surface area contributed by atoms with Gasteiger partial charge in [0.25, 0.3) is 29.7 Å². The third kappa shape index (κ3) is 24.1. The molecule has 13 nitrogen and oxygen atoms in total. The van der Waals surface area contributed by atoms with Gasteiger partial charge in [-0.25, -0.2) is 0 Å². The first-order valence-corrected chi connectivity index (χ1v) is 15.4. The number of rotatable bonds is 14. The van der Waals surface area contributed by atoms with Crippen molar-refractivity contribution < 1.29 is 39.3 Å². The van der Waals surface area contributed by atoms with E-state index in [1.807, 2.05) is 36.4 Å². The Balaban J connectivity index is 0. The van der Waals surface area contributed by atoms with Crippen LogP contribution in [0.25, 0.3) is 0 Å². The molecule has 0 bridgehead atoms. The molecule has 47 heavy (non-hydrogen) atoms. The van der Waals surface area contributed by atoms with Gasteiger partial charge < -0.3 is 31.3 Å². The van der Waals surface area contributed by atoms with Gasteiger partial charge in [-0.15, -0.1) is 0 Å². The molecule has 0 saturated heterocycles. The maximum absolute atomic E-state index is 12.3. The average Bonchev–Trinajstić information content (AvgIpc) is 2.99. The number of nitrogens with one attached hydrogen (secondary N) is 3. The van der Waals surface area contributed by atoms with Crippen LogP contribution >= 0.6 is 0 Å². The third-order valence-electron chi connectivity index (χ3n) is 5.75. The summed E-state index contributed by atoms with van der Waals surface area (Å²) < 4.78 is 0. The Morgan fingerprint density at radius 1 is 0.574 bits per heavy atom. The van der Waals surface area contributed by atoms with Gasteiger partial charge >= 0.3 is 0 Å². The Morgan fingerprint density at radius 3 is 1.06 bits per heavy atom. The summed E-state index contributed by atoms with van der Waals surface area (Å²) in [6.45, 7) is 13.8. The van der Waals surface area contributed by atoms with Gasteiger partial charge in [0.15, 0.2) is 0 Å². The number of anilines is 2. The highest BCUT2D eigenvalue weighted by atomic mass is 16.4. The number of amides is 2. The number of aliphatic imine (C=N–C) groups is 2. The second-order valence-corrected chi connectivity index (χ2v) is 9.67. The van der Waals surface area contributed by atoms with Gasteiger partial charge in [-0.05, 0) is 47.9 Å². The molecule has 13 heteroatoms. The maximum Gasteiger partial charge on any atom is 0.300 e. The maximum atomic E-state index is 12.3. The van der Waals surface area contributed by atoms with Crippen LogP contribution in [0.1, 0.15) is 70.7 Å². The Hall–Kier alpha value is -4.91. The lowest BCUT2D eigenvalue weighted by Gasteiger charge is -2.13. The summed E-state index contributed by atoms with van der Waals surface area (Å²) >= 11 is 0. The van der Waals surface area contributed by atoms with Crippen LogP contribution in [0.3, 0.4) is 0 Å². The van der Waals surface area contributed by atoms with Crippen LogP contribution in [-0.2, 0) is 49.7 Å². The smallest absolute Gasteiger partial charge is 0.300 e. The van der Waals surface area contributed by atoms with Gasteiger partial charge in [0.05, 0.1) is 25.5 Å². The fourth-order valence-electron chi connectivity index (χ4n) is 3.82. The molecule has 0 radical (unpaired) electrons. The van der Waals surface area contributed by atoms with Gasteiger partial charge in [-0.2, -0.15) is 0 Å². The second-order valence-electron chi connectivity index (χ2n) is 9.67. The predicted molar refractivity (Wildman–Crippen MR) is 187 cm³/mol. The minimum Gasteiger partial charge on any atom is -0.481 e. The molecule has 2 aromatic carbocycles. The molecule has 2 rings (SSSR count). The van der Waals surface area contributed by atoms with Crippen LogP contribution in [0.2, 0.25) is 0 Å². The van der Waals surface area contributed by atoms with Crippen molar-refractivity contribution in [2.24, 2.45) is 9.98 Å². The first-order chi connectivity index (χ1) is 22.2. The van der Waals surface area contributed by atoms with Crippen molar-refractivity contribution in [3.63, 3.8) is 0 Å². The fraction of sp³-hybridized carbons (Fsp3) is 0.441. The number of para-hydroxylation sites is 2. The van der Waals surface area contributed by atoms with Gasteiger partial charge in [-0.1, -0.05) is 64.1 Å². The van der Waals surface area contributed by atoms with Crippen molar-refractivity contribution in [2.75, 3.05) is 36.8 Å². The van der Waals surface area contributed by atoms with E-state index in [1.54, 1.807) is 0 Å². The summed E-state index contributed by atoms with van der Waals surface area (Å²) in [5, 5.41) is 31.4. The predicted octanol–water partition coefficient (Wildman–Crippen LogP) is 4.52. The Kier molecular flexibility index (Phi) is 25.8. The molecule has 0 aromatic heterocycles. The lowest BCUT2D eigenvalue weighted by atomic mass is 10.0. The van der Waals surface area contributed by atoms with E-state index < -0.39 is 17.9 Å². The molecule has 0 saturated carbocycles. The molecule has 0 heterocycles. The number of hydrogen-bond donors (Lipinski definition) is 6. The van der Waals surface area contributed by atoms with Crippen LogP contribution in [0.5, 0.6) is 0 Å². The summed E-state index contributed by atoms with van der Waals surface area (Å²) in [6.07, 6.45) is 6.13. The standard InChI is InChI=1S/C28H39N5O2.3C2H4O2/c1-5-21-11-9-12-22(6-2)27(21)32-25(34)19-30-17-15-29-16-18-31-20-26(35)33-28-23(7-3)13-10-14-24(28)8-4;3*1-2(3)4/h9-14,19-20,29H,5-8,15-18H2,1-4H3,(H,32,34)(H,33,35);3*1H3,(H,3,4)/b30-19-,31-20+;;;. The number of nitrogens with zero attached hydrogens (tertiary/aromatic N) is 2. The van der Waals surface area contributed by atoms with Crippen molar-refractivity contribution in [3.05, 3.63) is 58.7 Å². The van der Waals surface area contributed by atoms with E-state index in [1.165, 1.54) is 12.4 Å². The molecule has 2 aromatic rings. The highest BCUT2D eigenvalue weighted by Crippen LogP contribution is 2.23.